The van der Waals surface area contributed by atoms with Crippen LogP contribution < -0.4 is 21.4 Å². The number of nitrogens with zero attached hydrogens (tertiary/aromatic N) is 4. The van der Waals surface area contributed by atoms with Gasteiger partial charge in [-0.25, -0.2) is 9.78 Å². The largest absolute Gasteiger partial charge is 0.484 e. The molecule has 0 saturated carbocycles. The van der Waals surface area contributed by atoms with Gasteiger partial charge in [0.25, 0.3) is 23.3 Å². The van der Waals surface area contributed by atoms with Crippen molar-refractivity contribution in [3.8, 4) is 17.1 Å². The Morgan fingerprint density at radius 1 is 0.902 bits per heavy atom. The third kappa shape index (κ3) is 5.31. The number of imide groups is 1. The summed E-state index contributed by atoms with van der Waals surface area (Å²) in [6, 6.07) is 15.3. The summed E-state index contributed by atoms with van der Waals surface area (Å²) in [5.74, 6) is -1.20. The molecule has 0 unspecified atom stereocenters. The number of hydrazine groups is 1. The third-order valence-corrected chi connectivity index (χ3v) is 6.50. The molecule has 210 valence electrons. The zero-order valence-corrected chi connectivity index (χ0v) is 22.5. The molecule has 1 aliphatic heterocycles. The number of hydrogen-bond donors (Lipinski definition) is 2. The average molecular weight is 557 g/mol. The van der Waals surface area contributed by atoms with E-state index in [0.29, 0.717) is 59.3 Å². The van der Waals surface area contributed by atoms with E-state index in [1.165, 1.54) is 15.2 Å². The van der Waals surface area contributed by atoms with E-state index < -0.39 is 29.9 Å². The lowest BCUT2D eigenvalue weighted by molar-refractivity contribution is -0.146. The molecule has 3 heterocycles. The highest BCUT2D eigenvalue weighted by atomic mass is 16.5. The van der Waals surface area contributed by atoms with Crippen molar-refractivity contribution >= 4 is 34.5 Å². The number of H-pyrrole nitrogens is 1. The van der Waals surface area contributed by atoms with E-state index in [2.05, 4.69) is 15.4 Å². The summed E-state index contributed by atoms with van der Waals surface area (Å²) >= 11 is 0. The Labute approximate surface area is 233 Å². The standard InChI is InChI=1S/C29H28N6O6/c1-3-14-33-26-24(28(39)34(15-4-2)29(33)40)30-25(31-26)19-10-12-20(13-11-19)41-17-22(36)32-35-23(37)16-21(27(35)38)18-8-6-5-7-9-18/h5-13,16H,3-4,14-15,17H2,1-2H3,(H,30,31)(H,32,36). The molecule has 2 aromatic heterocycles. The van der Waals surface area contributed by atoms with Crippen molar-refractivity contribution in [2.45, 2.75) is 39.8 Å². The molecular formula is C29H28N6O6. The molecule has 0 fully saturated rings. The minimum absolute atomic E-state index is 0.189. The van der Waals surface area contributed by atoms with Crippen LogP contribution >= 0.6 is 0 Å². The normalized spacial score (nSPS) is 13.1. The molecule has 5 rings (SSSR count). The Balaban J connectivity index is 1.26. The van der Waals surface area contributed by atoms with Gasteiger partial charge in [-0.15, -0.1) is 0 Å². The van der Waals surface area contributed by atoms with Crippen LogP contribution in [0.25, 0.3) is 28.1 Å². The van der Waals surface area contributed by atoms with Gasteiger partial charge in [0.2, 0.25) is 0 Å². The number of carbonyl (C=O) groups excluding carboxylic acids is 3. The zero-order chi connectivity index (χ0) is 29.1. The number of aryl methyl sites for hydroxylation is 1. The van der Waals surface area contributed by atoms with Gasteiger partial charge < -0.3 is 9.72 Å². The Morgan fingerprint density at radius 2 is 1.59 bits per heavy atom. The maximum absolute atomic E-state index is 13.0. The molecular weight excluding hydrogens is 528 g/mol. The van der Waals surface area contributed by atoms with Gasteiger partial charge >= 0.3 is 5.69 Å². The number of nitrogens with one attached hydrogen (secondary N) is 2. The van der Waals surface area contributed by atoms with Crippen LogP contribution in [0.2, 0.25) is 0 Å². The summed E-state index contributed by atoms with van der Waals surface area (Å²) in [6.45, 7) is 4.14. The minimum atomic E-state index is -0.687. The smallest absolute Gasteiger partial charge is 0.332 e. The molecule has 41 heavy (non-hydrogen) atoms. The monoisotopic (exact) mass is 556 g/mol. The molecule has 12 heteroatoms. The van der Waals surface area contributed by atoms with Crippen LogP contribution in [0.5, 0.6) is 5.75 Å². The second-order valence-electron chi connectivity index (χ2n) is 9.43. The Morgan fingerprint density at radius 3 is 2.27 bits per heavy atom. The summed E-state index contributed by atoms with van der Waals surface area (Å²) in [6.07, 6.45) is 2.52. The van der Waals surface area contributed by atoms with Gasteiger partial charge in [0.15, 0.2) is 12.3 Å². The molecule has 3 amide bonds. The van der Waals surface area contributed by atoms with E-state index in [9.17, 15) is 24.0 Å². The molecule has 0 aliphatic carbocycles. The molecule has 4 aromatic rings. The second kappa shape index (κ2) is 11.5. The van der Waals surface area contributed by atoms with Crippen molar-refractivity contribution in [1.29, 1.82) is 0 Å². The zero-order valence-electron chi connectivity index (χ0n) is 22.5. The number of aromatic amines is 1. The number of hydrogen-bond acceptors (Lipinski definition) is 7. The summed E-state index contributed by atoms with van der Waals surface area (Å²) in [7, 11) is 0. The lowest BCUT2D eigenvalue weighted by atomic mass is 10.1. The van der Waals surface area contributed by atoms with E-state index in [1.807, 2.05) is 13.8 Å². The minimum Gasteiger partial charge on any atom is -0.484 e. The van der Waals surface area contributed by atoms with Crippen LogP contribution in [-0.2, 0) is 27.5 Å². The fraction of sp³-hybridized carbons (Fsp3) is 0.241. The van der Waals surface area contributed by atoms with Crippen LogP contribution in [0.15, 0.2) is 70.3 Å². The van der Waals surface area contributed by atoms with Gasteiger partial charge in [0.1, 0.15) is 17.1 Å². The molecule has 0 radical (unpaired) electrons. The van der Waals surface area contributed by atoms with Crippen molar-refractivity contribution in [2.75, 3.05) is 6.61 Å². The van der Waals surface area contributed by atoms with E-state index in [1.54, 1.807) is 54.6 Å². The maximum Gasteiger partial charge on any atom is 0.332 e. The Bertz CT molecular complexity index is 1780. The molecule has 0 bridgehead atoms. The molecule has 0 spiro atoms. The van der Waals surface area contributed by atoms with Crippen molar-refractivity contribution in [3.63, 3.8) is 0 Å². The third-order valence-electron chi connectivity index (χ3n) is 6.50. The fourth-order valence-corrected chi connectivity index (χ4v) is 4.56. The maximum atomic E-state index is 13.0. The lowest BCUT2D eigenvalue weighted by Gasteiger charge is -2.16. The highest BCUT2D eigenvalue weighted by Crippen LogP contribution is 2.23. The van der Waals surface area contributed by atoms with Crippen molar-refractivity contribution in [1.82, 2.24) is 29.5 Å². The second-order valence-corrected chi connectivity index (χ2v) is 9.43. The predicted octanol–water partition coefficient (Wildman–Crippen LogP) is 2.24. The SMILES string of the molecule is CCCn1c(=O)c2[nH]c(-c3ccc(OCC(=O)NN4C(=O)C=C(c5ccccc5)C4=O)cc3)nc2n(CCC)c1=O. The van der Waals surface area contributed by atoms with E-state index in [-0.39, 0.29) is 16.8 Å². The molecule has 2 aromatic carbocycles. The number of rotatable bonds is 10. The van der Waals surface area contributed by atoms with E-state index in [0.717, 1.165) is 0 Å². The number of ether oxygens (including phenoxy) is 1. The number of carbonyl (C=O) groups is 3. The topological polar surface area (TPSA) is 148 Å². The molecule has 2 N–H and O–H groups in total. The number of amides is 3. The van der Waals surface area contributed by atoms with Crippen molar-refractivity contribution in [2.24, 2.45) is 0 Å². The Kier molecular flexibility index (Phi) is 7.64. The van der Waals surface area contributed by atoms with Gasteiger partial charge in [0, 0.05) is 24.7 Å². The predicted molar refractivity (Wildman–Crippen MR) is 151 cm³/mol. The van der Waals surface area contributed by atoms with Crippen LogP contribution in [0.4, 0.5) is 0 Å². The highest BCUT2D eigenvalue weighted by Gasteiger charge is 2.33. The van der Waals surface area contributed by atoms with Gasteiger partial charge in [-0.2, -0.15) is 5.01 Å². The van der Waals surface area contributed by atoms with E-state index >= 15 is 0 Å². The molecule has 1 aliphatic rings. The van der Waals surface area contributed by atoms with Crippen LogP contribution in [0.1, 0.15) is 32.3 Å². The first-order valence-electron chi connectivity index (χ1n) is 13.2. The van der Waals surface area contributed by atoms with Crippen molar-refractivity contribution in [3.05, 3.63) is 87.1 Å². The summed E-state index contributed by atoms with van der Waals surface area (Å²) in [4.78, 5) is 70.8. The van der Waals surface area contributed by atoms with Gasteiger partial charge in [0.05, 0.1) is 5.57 Å². The summed E-state index contributed by atoms with van der Waals surface area (Å²) in [5, 5.41) is 0.658. The number of aromatic nitrogens is 4. The number of imidazole rings is 1. The Hall–Kier alpha value is -5.26. The number of benzene rings is 2. The first kappa shape index (κ1) is 27.3. The lowest BCUT2D eigenvalue weighted by Crippen LogP contribution is -2.48. The quantitative estimate of drug-likeness (QED) is 0.285. The molecule has 12 nitrogen and oxygen atoms in total. The van der Waals surface area contributed by atoms with Crippen LogP contribution in [0, 0.1) is 0 Å². The van der Waals surface area contributed by atoms with Gasteiger partial charge in [-0.05, 0) is 42.7 Å². The number of fused-ring (bicyclic) bond motifs is 1. The molecule has 0 atom stereocenters. The van der Waals surface area contributed by atoms with Crippen LogP contribution in [0.3, 0.4) is 0 Å². The summed E-state index contributed by atoms with van der Waals surface area (Å²) in [5.41, 5.74) is 3.46. The molecule has 0 saturated heterocycles. The van der Waals surface area contributed by atoms with Crippen LogP contribution in [-0.4, -0.2) is 48.4 Å². The van der Waals surface area contributed by atoms with E-state index in [4.69, 9.17) is 4.74 Å². The highest BCUT2D eigenvalue weighted by molar-refractivity contribution is 6.33. The van der Waals surface area contributed by atoms with Gasteiger partial charge in [-0.1, -0.05) is 44.2 Å². The average Bonchev–Trinajstić information content (AvgIpc) is 3.55. The first-order valence-corrected chi connectivity index (χ1v) is 13.2. The fourth-order valence-electron chi connectivity index (χ4n) is 4.56. The first-order chi connectivity index (χ1) is 19.8. The summed E-state index contributed by atoms with van der Waals surface area (Å²) < 4.78 is 8.27. The van der Waals surface area contributed by atoms with Gasteiger partial charge in [-0.3, -0.25) is 33.7 Å². The van der Waals surface area contributed by atoms with Crippen molar-refractivity contribution < 1.29 is 19.1 Å².